The molecule has 3 aromatic rings. The largest absolute Gasteiger partial charge is 0.369 e. The number of anilines is 1. The molecule has 1 aromatic carbocycles. The van der Waals surface area contributed by atoms with Gasteiger partial charge in [-0.25, -0.2) is 9.18 Å². The molecule has 0 saturated carbocycles. The van der Waals surface area contributed by atoms with E-state index in [2.05, 4.69) is 15.0 Å². The van der Waals surface area contributed by atoms with Crippen molar-refractivity contribution in [2.45, 2.75) is 6.54 Å². The van der Waals surface area contributed by atoms with Crippen molar-refractivity contribution in [3.8, 4) is 0 Å². The molecule has 8 heteroatoms. The normalized spacial score (nSPS) is 11.1. The van der Waals surface area contributed by atoms with E-state index >= 15 is 0 Å². The number of hydrogen-bond acceptors (Lipinski definition) is 4. The molecule has 0 radical (unpaired) electrons. The Labute approximate surface area is 110 Å². The first-order chi connectivity index (χ1) is 9.54. The van der Waals surface area contributed by atoms with Crippen molar-refractivity contribution < 1.29 is 4.39 Å². The molecule has 0 fully saturated rings. The predicted molar refractivity (Wildman–Crippen MR) is 70.9 cm³/mol. The van der Waals surface area contributed by atoms with Crippen molar-refractivity contribution >= 4 is 17.1 Å². The number of aromatic amines is 2. The van der Waals surface area contributed by atoms with Gasteiger partial charge in [-0.05, 0) is 17.7 Å². The number of nitrogens with zero attached hydrogens (tertiary/aromatic N) is 2. The summed E-state index contributed by atoms with van der Waals surface area (Å²) in [5, 5.41) is 0. The van der Waals surface area contributed by atoms with Crippen LogP contribution in [0.4, 0.5) is 10.3 Å². The highest BCUT2D eigenvalue weighted by Crippen LogP contribution is 2.08. The van der Waals surface area contributed by atoms with Crippen LogP contribution < -0.4 is 17.0 Å². The molecule has 0 spiro atoms. The number of nitrogens with one attached hydrogen (secondary N) is 2. The number of benzene rings is 1. The summed E-state index contributed by atoms with van der Waals surface area (Å²) in [4.78, 5) is 32.3. The fraction of sp³-hybridized carbons (Fsp3) is 0.0833. The highest BCUT2D eigenvalue weighted by molar-refractivity contribution is 5.70. The number of nitrogens with two attached hydrogens (primary N) is 1. The van der Waals surface area contributed by atoms with E-state index in [0.717, 1.165) is 0 Å². The average Bonchev–Trinajstić information content (AvgIpc) is 2.65. The number of nitrogen functional groups attached to an aromatic ring is 1. The molecule has 102 valence electrons. The number of imidazole rings is 1. The van der Waals surface area contributed by atoms with Gasteiger partial charge in [-0.15, -0.1) is 0 Å². The van der Waals surface area contributed by atoms with Crippen molar-refractivity contribution in [2.75, 3.05) is 5.73 Å². The lowest BCUT2D eigenvalue weighted by molar-refractivity contribution is 0.623. The highest BCUT2D eigenvalue weighted by Gasteiger charge is 2.13. The average molecular weight is 275 g/mol. The van der Waals surface area contributed by atoms with E-state index in [0.29, 0.717) is 5.56 Å². The van der Waals surface area contributed by atoms with Crippen LogP contribution in [0.25, 0.3) is 11.2 Å². The molecule has 0 aliphatic heterocycles. The zero-order valence-corrected chi connectivity index (χ0v) is 10.2. The third kappa shape index (κ3) is 1.96. The molecule has 2 aromatic heterocycles. The molecule has 0 atom stereocenters. The zero-order valence-electron chi connectivity index (χ0n) is 10.2. The molecule has 4 N–H and O–H groups in total. The number of fused-ring (bicyclic) bond motifs is 1. The van der Waals surface area contributed by atoms with Crippen LogP contribution in [-0.2, 0) is 6.54 Å². The van der Waals surface area contributed by atoms with Crippen LogP contribution in [0, 0.1) is 5.82 Å². The van der Waals surface area contributed by atoms with E-state index < -0.39 is 17.1 Å². The van der Waals surface area contributed by atoms with Gasteiger partial charge in [0, 0.05) is 0 Å². The summed E-state index contributed by atoms with van der Waals surface area (Å²) < 4.78 is 14.3. The maximum atomic E-state index is 13.2. The SMILES string of the molecule is Nc1nc2[nH]c(=O)n(Cc3cccc(F)c3)c2c(=O)[nH]1. The first-order valence-corrected chi connectivity index (χ1v) is 5.77. The molecule has 7 nitrogen and oxygen atoms in total. The van der Waals surface area contributed by atoms with Gasteiger partial charge < -0.3 is 5.73 Å². The number of rotatable bonds is 2. The minimum Gasteiger partial charge on any atom is -0.369 e. The first kappa shape index (κ1) is 12.2. The monoisotopic (exact) mass is 275 g/mol. The van der Waals surface area contributed by atoms with Gasteiger partial charge >= 0.3 is 5.69 Å². The summed E-state index contributed by atoms with van der Waals surface area (Å²) in [7, 11) is 0. The number of H-pyrrole nitrogens is 2. The Kier molecular flexibility index (Phi) is 2.63. The lowest BCUT2D eigenvalue weighted by Gasteiger charge is -2.03. The van der Waals surface area contributed by atoms with Gasteiger partial charge in [0.2, 0.25) is 5.95 Å². The van der Waals surface area contributed by atoms with Crippen LogP contribution in [0.2, 0.25) is 0 Å². The van der Waals surface area contributed by atoms with Crippen molar-refractivity contribution in [3.63, 3.8) is 0 Å². The van der Waals surface area contributed by atoms with E-state index in [1.165, 1.54) is 22.8 Å². The Morgan fingerprint density at radius 1 is 1.30 bits per heavy atom. The lowest BCUT2D eigenvalue weighted by Crippen LogP contribution is -2.21. The summed E-state index contributed by atoms with van der Waals surface area (Å²) >= 11 is 0. The fourth-order valence-corrected chi connectivity index (χ4v) is 2.06. The molecule has 0 bridgehead atoms. The fourth-order valence-electron chi connectivity index (χ4n) is 2.06. The van der Waals surface area contributed by atoms with Gasteiger partial charge in [-0.2, -0.15) is 4.98 Å². The molecule has 0 saturated heterocycles. The van der Waals surface area contributed by atoms with Gasteiger partial charge in [-0.3, -0.25) is 19.3 Å². The van der Waals surface area contributed by atoms with Gasteiger partial charge in [0.1, 0.15) is 5.82 Å². The standard InChI is InChI=1S/C12H10FN5O2/c13-7-3-1-2-6(4-7)5-18-8-9(16-12(18)20)15-11(14)17-10(8)19/h1-4H,5H2,(H4,14,15,16,17,19,20). The van der Waals surface area contributed by atoms with E-state index in [4.69, 9.17) is 5.73 Å². The van der Waals surface area contributed by atoms with Crippen LogP contribution >= 0.6 is 0 Å². The van der Waals surface area contributed by atoms with Crippen molar-refractivity contribution in [1.29, 1.82) is 0 Å². The summed E-state index contributed by atoms with van der Waals surface area (Å²) in [5.74, 6) is -0.492. The predicted octanol–water partition coefficient (Wildman–Crippen LogP) is 0.182. The number of hydrogen-bond donors (Lipinski definition) is 3. The quantitative estimate of drug-likeness (QED) is 0.619. The van der Waals surface area contributed by atoms with E-state index in [1.807, 2.05) is 0 Å². The molecule has 3 rings (SSSR count). The van der Waals surface area contributed by atoms with Gasteiger partial charge in [-0.1, -0.05) is 12.1 Å². The lowest BCUT2D eigenvalue weighted by atomic mass is 10.2. The van der Waals surface area contributed by atoms with Crippen LogP contribution in [0.5, 0.6) is 0 Å². The smallest absolute Gasteiger partial charge is 0.328 e. The Morgan fingerprint density at radius 2 is 2.10 bits per heavy atom. The van der Waals surface area contributed by atoms with E-state index in [1.54, 1.807) is 6.07 Å². The van der Waals surface area contributed by atoms with Gasteiger partial charge in [0.05, 0.1) is 6.54 Å². The molecular formula is C12H10FN5O2. The molecule has 0 aliphatic rings. The summed E-state index contributed by atoms with van der Waals surface area (Å²) in [6.07, 6.45) is 0. The van der Waals surface area contributed by atoms with Crippen LogP contribution in [0.1, 0.15) is 5.56 Å². The number of halogens is 1. The molecule has 0 amide bonds. The van der Waals surface area contributed by atoms with Crippen LogP contribution in [0.3, 0.4) is 0 Å². The highest BCUT2D eigenvalue weighted by atomic mass is 19.1. The zero-order chi connectivity index (χ0) is 14.3. The Hall–Kier alpha value is -2.90. The second-order valence-corrected chi connectivity index (χ2v) is 4.29. The maximum absolute atomic E-state index is 13.2. The third-order valence-corrected chi connectivity index (χ3v) is 2.88. The Bertz CT molecular complexity index is 908. The third-order valence-electron chi connectivity index (χ3n) is 2.88. The Balaban J connectivity index is 2.19. The molecule has 20 heavy (non-hydrogen) atoms. The topological polar surface area (TPSA) is 110 Å². The summed E-state index contributed by atoms with van der Waals surface area (Å²) in [6, 6.07) is 5.79. The van der Waals surface area contributed by atoms with Crippen molar-refractivity contribution in [2.24, 2.45) is 0 Å². The van der Waals surface area contributed by atoms with E-state index in [-0.39, 0.29) is 23.7 Å². The van der Waals surface area contributed by atoms with Gasteiger partial charge in [0.25, 0.3) is 5.56 Å². The maximum Gasteiger partial charge on any atom is 0.328 e. The van der Waals surface area contributed by atoms with Crippen molar-refractivity contribution in [3.05, 3.63) is 56.5 Å². The van der Waals surface area contributed by atoms with E-state index in [9.17, 15) is 14.0 Å². The van der Waals surface area contributed by atoms with Crippen LogP contribution in [-0.4, -0.2) is 19.5 Å². The Morgan fingerprint density at radius 3 is 2.85 bits per heavy atom. The van der Waals surface area contributed by atoms with Crippen molar-refractivity contribution in [1.82, 2.24) is 19.5 Å². The number of aromatic nitrogens is 4. The molecule has 2 heterocycles. The molecular weight excluding hydrogens is 265 g/mol. The second-order valence-electron chi connectivity index (χ2n) is 4.29. The molecule has 0 unspecified atom stereocenters. The van der Waals surface area contributed by atoms with Crippen LogP contribution in [0.15, 0.2) is 33.9 Å². The minimum absolute atomic E-state index is 0.0608. The minimum atomic E-state index is -0.526. The summed E-state index contributed by atoms with van der Waals surface area (Å²) in [5.41, 5.74) is 5.12. The molecule has 0 aliphatic carbocycles. The summed E-state index contributed by atoms with van der Waals surface area (Å²) in [6.45, 7) is 0.0608. The van der Waals surface area contributed by atoms with Gasteiger partial charge in [0.15, 0.2) is 11.2 Å². The second kappa shape index (κ2) is 4.34. The first-order valence-electron chi connectivity index (χ1n) is 5.77.